The minimum absolute atomic E-state index is 0.152. The number of para-hydroxylation sites is 1. The molecule has 1 rings (SSSR count). The Kier molecular flexibility index (Phi) is 25.3. The van der Waals surface area contributed by atoms with Gasteiger partial charge in [0.2, 0.25) is 5.91 Å². The van der Waals surface area contributed by atoms with Crippen molar-refractivity contribution in [2.75, 3.05) is 27.3 Å². The molecule has 0 spiro atoms. The standard InChI is InChI=1S/C22H36N3O8P.2C2H2.CH4O/c1-7-18(32-17(5)25(6)22(28)24-20(26)8-2)15-30-34(29,23-14-21(27)31-16(3)4)33-19-12-10-9-11-13-19;3*1-2/h9-13,16-18H,7-8,14-15H2,1-6H3,(H,23,29)(H,24,26,28);2*1-2H;2H,1H3. The minimum Gasteiger partial charge on any atom is -0.462 e. The molecular formula is C27H44N3O9P. The molecule has 0 radical (unpaired) electrons. The fourth-order valence-corrected chi connectivity index (χ4v) is 3.75. The minimum atomic E-state index is -3.98. The number of nitrogens with zero attached hydrogens (tertiary/aromatic N) is 1. The monoisotopic (exact) mass is 585 g/mol. The maximum absolute atomic E-state index is 13.3. The molecule has 40 heavy (non-hydrogen) atoms. The van der Waals surface area contributed by atoms with Crippen LogP contribution in [0.5, 0.6) is 5.75 Å². The van der Waals surface area contributed by atoms with Gasteiger partial charge in [0, 0.05) is 20.6 Å². The van der Waals surface area contributed by atoms with Crippen LogP contribution in [0, 0.1) is 25.7 Å². The van der Waals surface area contributed by atoms with Gasteiger partial charge in [-0.15, -0.1) is 25.7 Å². The Morgan fingerprint density at radius 1 is 1.02 bits per heavy atom. The highest BCUT2D eigenvalue weighted by Gasteiger charge is 2.30. The smallest absolute Gasteiger partial charge is 0.459 e. The highest BCUT2D eigenvalue weighted by Crippen LogP contribution is 2.44. The number of nitrogens with one attached hydrogen (secondary N) is 2. The van der Waals surface area contributed by atoms with Crippen LogP contribution in [-0.4, -0.2) is 73.7 Å². The predicted molar refractivity (Wildman–Crippen MR) is 154 cm³/mol. The van der Waals surface area contributed by atoms with Crippen LogP contribution in [0.15, 0.2) is 30.3 Å². The van der Waals surface area contributed by atoms with Crippen molar-refractivity contribution in [2.45, 2.75) is 65.9 Å². The van der Waals surface area contributed by atoms with E-state index in [0.717, 1.165) is 7.11 Å². The van der Waals surface area contributed by atoms with Crippen molar-refractivity contribution in [1.29, 1.82) is 0 Å². The number of hydrogen-bond acceptors (Lipinski definition) is 9. The molecule has 0 aliphatic carbocycles. The van der Waals surface area contributed by atoms with Crippen molar-refractivity contribution in [3.05, 3.63) is 30.3 Å². The molecule has 0 fully saturated rings. The fraction of sp³-hybridized carbons (Fsp3) is 0.519. The van der Waals surface area contributed by atoms with E-state index in [9.17, 15) is 18.9 Å². The Morgan fingerprint density at radius 3 is 2.05 bits per heavy atom. The first-order valence-corrected chi connectivity index (χ1v) is 13.8. The number of benzene rings is 1. The second-order valence-electron chi connectivity index (χ2n) is 7.65. The molecule has 13 heteroatoms. The summed E-state index contributed by atoms with van der Waals surface area (Å²) in [6.07, 6.45) is 15.0. The van der Waals surface area contributed by atoms with Gasteiger partial charge in [0.25, 0.3) is 0 Å². The van der Waals surface area contributed by atoms with E-state index < -0.39 is 38.0 Å². The summed E-state index contributed by atoms with van der Waals surface area (Å²) in [5.74, 6) is -0.725. The van der Waals surface area contributed by atoms with E-state index in [2.05, 4.69) is 36.1 Å². The molecule has 0 aliphatic rings. The van der Waals surface area contributed by atoms with Gasteiger partial charge in [0.05, 0.1) is 18.8 Å². The Hall–Kier alpha value is -3.38. The van der Waals surface area contributed by atoms with Crippen LogP contribution in [0.3, 0.4) is 0 Å². The van der Waals surface area contributed by atoms with Gasteiger partial charge in [-0.1, -0.05) is 32.0 Å². The zero-order chi connectivity index (χ0) is 31.7. The summed E-state index contributed by atoms with van der Waals surface area (Å²) < 4.78 is 35.4. The number of terminal acetylenes is 2. The van der Waals surface area contributed by atoms with Gasteiger partial charge in [0.15, 0.2) is 0 Å². The van der Waals surface area contributed by atoms with E-state index in [0.29, 0.717) is 6.42 Å². The first-order chi connectivity index (χ1) is 19.0. The van der Waals surface area contributed by atoms with Crippen molar-refractivity contribution in [1.82, 2.24) is 15.3 Å². The SMILES string of the molecule is C#C.C#C.CCC(=O)NC(=O)N(C)C(C)OC(CC)COP(=O)(NCC(=O)OC(C)C)Oc1ccccc1.CO. The number of aliphatic hydroxyl groups excluding tert-OH is 1. The number of hydrogen-bond donors (Lipinski definition) is 3. The van der Waals surface area contributed by atoms with Crippen LogP contribution < -0.4 is 14.9 Å². The fourth-order valence-electron chi connectivity index (χ4n) is 2.46. The number of urea groups is 1. The number of amides is 3. The van der Waals surface area contributed by atoms with Gasteiger partial charge in [-0.25, -0.2) is 14.4 Å². The zero-order valence-electron chi connectivity index (χ0n) is 24.4. The molecule has 1 aromatic rings. The molecule has 3 unspecified atom stereocenters. The van der Waals surface area contributed by atoms with Gasteiger partial charge < -0.3 is 24.0 Å². The van der Waals surface area contributed by atoms with Crippen molar-refractivity contribution >= 4 is 25.7 Å². The predicted octanol–water partition coefficient (Wildman–Crippen LogP) is 3.56. The lowest BCUT2D eigenvalue weighted by Gasteiger charge is -2.29. The molecule has 0 saturated carbocycles. The normalized spacial score (nSPS) is 12.6. The molecule has 0 bridgehead atoms. The average molecular weight is 586 g/mol. The number of carbonyl (C=O) groups excluding carboxylic acids is 3. The van der Waals surface area contributed by atoms with Crippen molar-refractivity contribution in [2.24, 2.45) is 0 Å². The lowest BCUT2D eigenvalue weighted by Crippen LogP contribution is -2.46. The van der Waals surface area contributed by atoms with E-state index in [-0.39, 0.29) is 31.4 Å². The molecule has 0 aliphatic heterocycles. The van der Waals surface area contributed by atoms with Crippen molar-refractivity contribution < 1.29 is 42.6 Å². The Morgan fingerprint density at radius 2 is 1.57 bits per heavy atom. The van der Waals surface area contributed by atoms with Crippen LogP contribution >= 0.6 is 7.75 Å². The third-order valence-corrected chi connectivity index (χ3v) is 5.95. The molecule has 3 amide bonds. The highest BCUT2D eigenvalue weighted by atomic mass is 31.2. The van der Waals surface area contributed by atoms with E-state index in [1.165, 1.54) is 11.9 Å². The molecule has 226 valence electrons. The molecule has 0 heterocycles. The number of imide groups is 1. The average Bonchev–Trinajstić information content (AvgIpc) is 2.97. The summed E-state index contributed by atoms with van der Waals surface area (Å²) in [5, 5.41) is 11.8. The molecular weight excluding hydrogens is 541 g/mol. The Balaban J connectivity index is -0.00000213. The second-order valence-corrected chi connectivity index (χ2v) is 9.41. The molecule has 12 nitrogen and oxygen atoms in total. The van der Waals surface area contributed by atoms with E-state index >= 15 is 0 Å². The lowest BCUT2D eigenvalue weighted by atomic mass is 10.3. The topological polar surface area (TPSA) is 153 Å². The van der Waals surface area contributed by atoms with Crippen LogP contribution in [0.4, 0.5) is 4.79 Å². The third-order valence-electron chi connectivity index (χ3n) is 4.46. The van der Waals surface area contributed by atoms with Crippen LogP contribution in [0.1, 0.15) is 47.5 Å². The second kappa shape index (κ2) is 24.6. The summed E-state index contributed by atoms with van der Waals surface area (Å²) in [6.45, 7) is 7.98. The Bertz CT molecular complexity index is 918. The van der Waals surface area contributed by atoms with Gasteiger partial charge in [-0.2, -0.15) is 0 Å². The van der Waals surface area contributed by atoms with Crippen LogP contribution in [0.25, 0.3) is 0 Å². The number of carbonyl (C=O) groups is 3. The largest absolute Gasteiger partial charge is 0.462 e. The van der Waals surface area contributed by atoms with Crippen LogP contribution in [0.2, 0.25) is 0 Å². The Labute approximate surface area is 238 Å². The van der Waals surface area contributed by atoms with E-state index in [4.69, 9.17) is 23.6 Å². The van der Waals surface area contributed by atoms with Crippen molar-refractivity contribution in [3.63, 3.8) is 0 Å². The molecule has 1 aromatic carbocycles. The quantitative estimate of drug-likeness (QED) is 0.128. The van der Waals surface area contributed by atoms with Crippen LogP contribution in [-0.2, 0) is 28.2 Å². The number of esters is 1. The summed E-state index contributed by atoms with van der Waals surface area (Å²) in [4.78, 5) is 36.7. The first-order valence-electron chi connectivity index (χ1n) is 12.3. The highest BCUT2D eigenvalue weighted by molar-refractivity contribution is 7.52. The zero-order valence-corrected chi connectivity index (χ0v) is 25.3. The van der Waals surface area contributed by atoms with E-state index in [1.54, 1.807) is 58.0 Å². The summed E-state index contributed by atoms with van der Waals surface area (Å²) in [5.41, 5.74) is 0. The maximum atomic E-state index is 13.3. The number of aliphatic hydroxyl groups is 1. The first kappa shape index (κ1) is 41.1. The third kappa shape index (κ3) is 18.8. The van der Waals surface area contributed by atoms with Gasteiger partial charge >= 0.3 is 19.7 Å². The molecule has 0 saturated heterocycles. The number of ether oxygens (including phenoxy) is 2. The summed E-state index contributed by atoms with van der Waals surface area (Å²) in [6, 6.07) is 7.79. The van der Waals surface area contributed by atoms with Gasteiger partial charge in [0.1, 0.15) is 18.5 Å². The molecule has 0 aromatic heterocycles. The lowest BCUT2D eigenvalue weighted by molar-refractivity contribution is -0.146. The van der Waals surface area contributed by atoms with Gasteiger partial charge in [-0.05, 0) is 39.3 Å². The van der Waals surface area contributed by atoms with E-state index in [1.807, 2.05) is 6.92 Å². The summed E-state index contributed by atoms with van der Waals surface area (Å²) >= 11 is 0. The summed E-state index contributed by atoms with van der Waals surface area (Å²) in [7, 11) is -1.50. The maximum Gasteiger partial charge on any atom is 0.459 e. The van der Waals surface area contributed by atoms with Gasteiger partial charge in [-0.3, -0.25) is 19.4 Å². The van der Waals surface area contributed by atoms with Crippen molar-refractivity contribution in [3.8, 4) is 31.4 Å². The number of rotatable bonds is 14. The molecule has 3 N–H and O–H groups in total. The molecule has 3 atom stereocenters.